The van der Waals surface area contributed by atoms with Gasteiger partial charge in [-0.1, -0.05) is 0 Å². The second-order valence-electron chi connectivity index (χ2n) is 4.39. The molecule has 90 valence electrons. The summed E-state index contributed by atoms with van der Waals surface area (Å²) in [6.07, 6.45) is -3.46. The van der Waals surface area contributed by atoms with Crippen LogP contribution >= 0.6 is 0 Å². The minimum Gasteiger partial charge on any atom is -0.481 e. The number of rotatable bonds is 2. The molecule has 0 spiro atoms. The van der Waals surface area contributed by atoms with Gasteiger partial charge in [-0.3, -0.25) is 9.59 Å². The highest BCUT2D eigenvalue weighted by molar-refractivity contribution is 5.87. The van der Waals surface area contributed by atoms with Crippen LogP contribution in [-0.4, -0.2) is 41.1 Å². The highest BCUT2D eigenvalue weighted by Crippen LogP contribution is 2.51. The largest absolute Gasteiger partial charge is 0.481 e. The molecular weight excluding hydrogens is 227 g/mol. The van der Waals surface area contributed by atoms with Crippen molar-refractivity contribution in [2.24, 2.45) is 11.3 Å². The molecule has 1 saturated heterocycles. The molecule has 0 atom stereocenters. The van der Waals surface area contributed by atoms with Gasteiger partial charge in [0.2, 0.25) is 0 Å². The van der Waals surface area contributed by atoms with Crippen LogP contribution in [0.1, 0.15) is 12.8 Å². The van der Waals surface area contributed by atoms with Crippen molar-refractivity contribution in [1.29, 1.82) is 0 Å². The number of carbonyl (C=O) groups excluding carboxylic acids is 1. The van der Waals surface area contributed by atoms with E-state index in [1.807, 2.05) is 0 Å². The second kappa shape index (κ2) is 3.11. The summed E-state index contributed by atoms with van der Waals surface area (Å²) in [5.74, 6) is -3.10. The highest BCUT2D eigenvalue weighted by atomic mass is 19.4. The predicted molar refractivity (Wildman–Crippen MR) is 45.4 cm³/mol. The third-order valence-electron chi connectivity index (χ3n) is 3.26. The van der Waals surface area contributed by atoms with Crippen LogP contribution in [-0.2, 0) is 9.59 Å². The Labute approximate surface area is 89.0 Å². The Morgan fingerprint density at radius 1 is 1.25 bits per heavy atom. The lowest BCUT2D eigenvalue weighted by Gasteiger charge is -2.47. The summed E-state index contributed by atoms with van der Waals surface area (Å²) in [6, 6.07) is 0. The Kier molecular flexibility index (Phi) is 2.18. The van der Waals surface area contributed by atoms with Crippen molar-refractivity contribution in [3.63, 3.8) is 0 Å². The molecule has 0 aromatic carbocycles. The second-order valence-corrected chi connectivity index (χ2v) is 4.39. The molecule has 1 saturated carbocycles. The van der Waals surface area contributed by atoms with Crippen molar-refractivity contribution in [3.8, 4) is 0 Å². The van der Waals surface area contributed by atoms with E-state index in [-0.39, 0.29) is 19.0 Å². The zero-order valence-electron chi connectivity index (χ0n) is 8.25. The molecule has 0 bridgehead atoms. The molecule has 16 heavy (non-hydrogen) atoms. The van der Waals surface area contributed by atoms with Crippen LogP contribution in [0, 0.1) is 11.3 Å². The first-order valence-electron chi connectivity index (χ1n) is 4.87. The lowest BCUT2D eigenvalue weighted by molar-refractivity contribution is -0.201. The van der Waals surface area contributed by atoms with Crippen LogP contribution in [0.25, 0.3) is 0 Å². The van der Waals surface area contributed by atoms with E-state index in [2.05, 4.69) is 0 Å². The van der Waals surface area contributed by atoms with Gasteiger partial charge in [-0.25, -0.2) is 0 Å². The summed E-state index contributed by atoms with van der Waals surface area (Å²) in [6.45, 7) is -0.628. The van der Waals surface area contributed by atoms with E-state index < -0.39 is 23.5 Å². The third-order valence-corrected chi connectivity index (χ3v) is 3.26. The van der Waals surface area contributed by atoms with Gasteiger partial charge in [-0.15, -0.1) is 0 Å². The fourth-order valence-electron chi connectivity index (χ4n) is 2.16. The average Bonchev–Trinajstić information content (AvgIpc) is 2.83. The zero-order valence-corrected chi connectivity index (χ0v) is 8.25. The molecule has 2 aliphatic rings. The molecule has 0 unspecified atom stereocenters. The molecule has 2 fully saturated rings. The van der Waals surface area contributed by atoms with Crippen LogP contribution in [0.5, 0.6) is 0 Å². The average molecular weight is 237 g/mol. The van der Waals surface area contributed by atoms with E-state index >= 15 is 0 Å². The first-order valence-corrected chi connectivity index (χ1v) is 4.87. The summed E-state index contributed by atoms with van der Waals surface area (Å²) in [5, 5.41) is 8.98. The molecule has 1 aliphatic carbocycles. The number of aliphatic carboxylic acids is 1. The van der Waals surface area contributed by atoms with Gasteiger partial charge in [0.15, 0.2) is 0 Å². The quantitative estimate of drug-likeness (QED) is 0.775. The Hall–Kier alpha value is -1.27. The number of carboxylic acid groups (broad SMARTS) is 1. The normalized spacial score (nSPS) is 23.8. The molecule has 1 aliphatic heterocycles. The minimum atomic E-state index is -4.91. The zero-order chi connectivity index (χ0) is 12.1. The number of hydrogen-bond acceptors (Lipinski definition) is 2. The van der Waals surface area contributed by atoms with Crippen molar-refractivity contribution in [2.75, 3.05) is 13.1 Å². The fourth-order valence-corrected chi connectivity index (χ4v) is 2.16. The lowest BCUT2D eigenvalue weighted by Crippen LogP contribution is -2.65. The monoisotopic (exact) mass is 237 g/mol. The smallest absolute Gasteiger partial charge is 0.471 e. The van der Waals surface area contributed by atoms with E-state index in [1.165, 1.54) is 0 Å². The summed E-state index contributed by atoms with van der Waals surface area (Å²) in [5.41, 5.74) is -1.12. The van der Waals surface area contributed by atoms with Gasteiger partial charge in [0.25, 0.3) is 0 Å². The third kappa shape index (κ3) is 1.54. The van der Waals surface area contributed by atoms with E-state index in [4.69, 9.17) is 5.11 Å². The van der Waals surface area contributed by atoms with Gasteiger partial charge in [-0.2, -0.15) is 13.2 Å². The Balaban J connectivity index is 2.02. The first-order chi connectivity index (χ1) is 7.27. The Morgan fingerprint density at radius 3 is 2.06 bits per heavy atom. The maximum Gasteiger partial charge on any atom is 0.471 e. The van der Waals surface area contributed by atoms with Gasteiger partial charge in [0, 0.05) is 13.1 Å². The Morgan fingerprint density at radius 2 is 1.75 bits per heavy atom. The van der Waals surface area contributed by atoms with Crippen LogP contribution in [0.2, 0.25) is 0 Å². The molecule has 1 heterocycles. The van der Waals surface area contributed by atoms with Crippen molar-refractivity contribution in [3.05, 3.63) is 0 Å². The van der Waals surface area contributed by atoms with Crippen LogP contribution < -0.4 is 0 Å². The van der Waals surface area contributed by atoms with E-state index in [0.29, 0.717) is 4.90 Å². The highest BCUT2D eigenvalue weighted by Gasteiger charge is 2.62. The predicted octanol–water partition coefficient (Wildman–Crippen LogP) is 0.872. The maximum atomic E-state index is 12.1. The van der Waals surface area contributed by atoms with Gasteiger partial charge < -0.3 is 10.0 Å². The number of likely N-dealkylation sites (tertiary alicyclic amines) is 1. The van der Waals surface area contributed by atoms with Crippen molar-refractivity contribution < 1.29 is 27.9 Å². The van der Waals surface area contributed by atoms with Crippen LogP contribution in [0.4, 0.5) is 13.2 Å². The van der Waals surface area contributed by atoms with Gasteiger partial charge in [0.05, 0.1) is 0 Å². The molecule has 2 rings (SSSR count). The van der Waals surface area contributed by atoms with Crippen LogP contribution in [0.3, 0.4) is 0 Å². The molecule has 1 N–H and O–H groups in total. The topological polar surface area (TPSA) is 57.6 Å². The van der Waals surface area contributed by atoms with E-state index in [1.54, 1.807) is 0 Å². The van der Waals surface area contributed by atoms with Crippen molar-refractivity contribution in [1.82, 2.24) is 4.90 Å². The number of hydrogen-bond donors (Lipinski definition) is 1. The molecule has 7 heteroatoms. The summed E-state index contributed by atoms with van der Waals surface area (Å²) < 4.78 is 36.2. The van der Waals surface area contributed by atoms with Gasteiger partial charge in [-0.05, 0) is 18.8 Å². The minimum absolute atomic E-state index is 0.0673. The fraction of sp³-hybridized carbons (Fsp3) is 0.778. The van der Waals surface area contributed by atoms with Gasteiger partial charge >= 0.3 is 18.1 Å². The molecule has 1 amide bonds. The number of carboxylic acids is 1. The lowest BCUT2D eigenvalue weighted by atomic mass is 9.75. The van der Waals surface area contributed by atoms with Crippen LogP contribution in [0.15, 0.2) is 0 Å². The van der Waals surface area contributed by atoms with Gasteiger partial charge in [0.1, 0.15) is 5.41 Å². The molecule has 4 nitrogen and oxygen atoms in total. The molecular formula is C9H10F3NO3. The summed E-state index contributed by atoms with van der Waals surface area (Å²) in [4.78, 5) is 22.4. The number of alkyl halides is 3. The van der Waals surface area contributed by atoms with E-state index in [0.717, 1.165) is 12.8 Å². The molecule has 0 aromatic heterocycles. The molecule has 0 radical (unpaired) electrons. The first kappa shape index (κ1) is 11.2. The summed E-state index contributed by atoms with van der Waals surface area (Å²) in [7, 11) is 0. The Bertz CT molecular complexity index is 342. The number of halogens is 3. The van der Waals surface area contributed by atoms with Crippen molar-refractivity contribution >= 4 is 11.9 Å². The maximum absolute atomic E-state index is 12.1. The number of amides is 1. The summed E-state index contributed by atoms with van der Waals surface area (Å²) >= 11 is 0. The van der Waals surface area contributed by atoms with E-state index in [9.17, 15) is 22.8 Å². The number of nitrogens with zero attached hydrogens (tertiary/aromatic N) is 1. The standard InChI is InChI=1S/C9H10F3NO3/c10-9(11,12)6(14)13-3-8(4-13,7(15)16)5-1-2-5/h5H,1-4H2,(H,15,16). The molecule has 0 aromatic rings. The van der Waals surface area contributed by atoms with Crippen molar-refractivity contribution in [2.45, 2.75) is 19.0 Å². The number of carbonyl (C=O) groups is 2. The SMILES string of the molecule is O=C(N1CC(C(=O)O)(C2CC2)C1)C(F)(F)F.